The monoisotopic (exact) mass is 828 g/mol. The average molecular weight is 829 g/mol. The van der Waals surface area contributed by atoms with Crippen LogP contribution in [0.5, 0.6) is 0 Å². The van der Waals surface area contributed by atoms with Crippen LogP contribution in [-0.4, -0.2) is 87.4 Å². The summed E-state index contributed by atoms with van der Waals surface area (Å²) in [6, 6.07) is 16.6. The van der Waals surface area contributed by atoms with E-state index in [0.717, 1.165) is 91.4 Å². The SMILES string of the molecule is CCCC(c1ccc(-c2ccc(C(=O)N3CCC(N4CCC(C(=O)Nc5ncc(SCc6ncc(C(C)(C)C)o6)s5)CC4)CC3)cc2)cc1)N(C)C(=O)OC(C)(C)C. The summed E-state index contributed by atoms with van der Waals surface area (Å²) in [7, 11) is 1.80. The Hall–Kier alpha value is -4.20. The minimum atomic E-state index is -0.552. The van der Waals surface area contributed by atoms with Crippen LogP contribution in [0.3, 0.4) is 0 Å². The maximum absolute atomic E-state index is 13.5. The highest BCUT2D eigenvalue weighted by Gasteiger charge is 2.32. The number of carbonyl (C=O) groups excluding carboxylic acids is 3. The van der Waals surface area contributed by atoms with Crippen molar-refractivity contribution < 1.29 is 23.5 Å². The van der Waals surface area contributed by atoms with Gasteiger partial charge in [-0.05, 0) is 94.8 Å². The third kappa shape index (κ3) is 11.3. The molecule has 0 spiro atoms. The predicted molar refractivity (Wildman–Crippen MR) is 232 cm³/mol. The zero-order valence-electron chi connectivity index (χ0n) is 35.4. The van der Waals surface area contributed by atoms with Crippen molar-refractivity contribution in [3.8, 4) is 11.1 Å². The van der Waals surface area contributed by atoms with E-state index in [-0.39, 0.29) is 35.3 Å². The number of piperidine rings is 2. The number of oxazole rings is 1. The van der Waals surface area contributed by atoms with Gasteiger partial charge >= 0.3 is 6.09 Å². The average Bonchev–Trinajstić information content (AvgIpc) is 3.88. The first-order chi connectivity index (χ1) is 27.6. The molecule has 2 aliphatic heterocycles. The van der Waals surface area contributed by atoms with Gasteiger partial charge in [0, 0.05) is 43.1 Å². The molecule has 2 aromatic carbocycles. The van der Waals surface area contributed by atoms with Gasteiger partial charge in [0.05, 0.1) is 28.4 Å². The molecular formula is C45H60N6O5S2. The fourth-order valence-electron chi connectivity index (χ4n) is 7.61. The topological polar surface area (TPSA) is 121 Å². The van der Waals surface area contributed by atoms with Crippen LogP contribution in [0, 0.1) is 5.92 Å². The lowest BCUT2D eigenvalue weighted by Crippen LogP contribution is -2.49. The number of hydrogen-bond donors (Lipinski definition) is 1. The fourth-order valence-corrected chi connectivity index (χ4v) is 9.34. The van der Waals surface area contributed by atoms with Crippen LogP contribution < -0.4 is 5.32 Å². The van der Waals surface area contributed by atoms with Crippen LogP contribution in [0.2, 0.25) is 0 Å². The summed E-state index contributed by atoms with van der Waals surface area (Å²) in [5.74, 6) is 2.24. The summed E-state index contributed by atoms with van der Waals surface area (Å²) in [4.78, 5) is 54.6. The minimum absolute atomic E-state index is 0.0363. The first-order valence-corrected chi connectivity index (χ1v) is 22.4. The quantitative estimate of drug-likeness (QED) is 0.139. The van der Waals surface area contributed by atoms with E-state index in [1.165, 1.54) is 11.3 Å². The van der Waals surface area contributed by atoms with Crippen molar-refractivity contribution in [2.24, 2.45) is 5.92 Å². The molecule has 312 valence electrons. The molecule has 2 fully saturated rings. The first kappa shape index (κ1) is 43.4. The van der Waals surface area contributed by atoms with Crippen molar-refractivity contribution in [3.05, 3.63) is 83.7 Å². The minimum Gasteiger partial charge on any atom is -0.444 e. The van der Waals surface area contributed by atoms with Gasteiger partial charge in [0.25, 0.3) is 5.91 Å². The van der Waals surface area contributed by atoms with Crippen molar-refractivity contribution in [3.63, 3.8) is 0 Å². The van der Waals surface area contributed by atoms with E-state index in [1.54, 1.807) is 36.1 Å². The number of ether oxygens (including phenoxy) is 1. The molecule has 1 N–H and O–H groups in total. The molecule has 58 heavy (non-hydrogen) atoms. The number of nitrogens with zero attached hydrogens (tertiary/aromatic N) is 5. The second-order valence-corrected chi connectivity index (χ2v) is 19.9. The standard InChI is InChI=1S/C45H60N6O5S2/c1-9-10-36(49(8)43(54)56-45(5,6)7)32-15-11-30(12-16-32)31-13-17-34(18-14-31)41(53)51-25-21-35(22-26-51)50-23-19-33(20-24-50)40(52)48-42-47-28-39(58-42)57-29-38-46-27-37(55-38)44(2,3)4/h11-18,27-28,33,35-36H,9-10,19-26,29H2,1-8H3,(H,47,48,52). The molecule has 4 heterocycles. The van der Waals surface area contributed by atoms with E-state index in [9.17, 15) is 14.4 Å². The number of thioether (sulfide) groups is 1. The van der Waals surface area contributed by atoms with Gasteiger partial charge < -0.3 is 29.2 Å². The number of amides is 3. The number of anilines is 1. The van der Waals surface area contributed by atoms with Crippen LogP contribution in [0.4, 0.5) is 9.93 Å². The zero-order chi connectivity index (χ0) is 41.6. The third-order valence-corrected chi connectivity index (χ3v) is 13.1. The second-order valence-electron chi connectivity index (χ2n) is 17.6. The smallest absolute Gasteiger partial charge is 0.410 e. The second kappa shape index (κ2) is 18.8. The molecule has 0 radical (unpaired) electrons. The lowest BCUT2D eigenvalue weighted by Gasteiger charge is -2.41. The lowest BCUT2D eigenvalue weighted by atomic mass is 9.92. The number of nitrogens with one attached hydrogen (secondary N) is 1. The van der Waals surface area contributed by atoms with Gasteiger partial charge in [0.1, 0.15) is 11.4 Å². The van der Waals surface area contributed by atoms with E-state index in [0.29, 0.717) is 28.4 Å². The number of carbonyl (C=O) groups is 3. The van der Waals surface area contributed by atoms with E-state index in [1.807, 2.05) is 49.9 Å². The maximum Gasteiger partial charge on any atom is 0.410 e. The molecule has 0 saturated carbocycles. The number of rotatable bonds is 12. The molecule has 0 bridgehead atoms. The zero-order valence-corrected chi connectivity index (χ0v) is 37.0. The molecule has 0 aliphatic carbocycles. The molecule has 13 heteroatoms. The molecule has 2 aromatic heterocycles. The Bertz CT molecular complexity index is 1980. The van der Waals surface area contributed by atoms with Crippen LogP contribution in [0.1, 0.15) is 121 Å². The molecule has 11 nitrogen and oxygen atoms in total. The third-order valence-electron chi connectivity index (χ3n) is 11.0. The summed E-state index contributed by atoms with van der Waals surface area (Å²) in [6.07, 6.45) is 8.54. The molecule has 1 atom stereocenters. The van der Waals surface area contributed by atoms with E-state index in [4.69, 9.17) is 9.15 Å². The van der Waals surface area contributed by atoms with E-state index < -0.39 is 5.60 Å². The van der Waals surface area contributed by atoms with Crippen molar-refractivity contribution >= 4 is 46.1 Å². The van der Waals surface area contributed by atoms with Crippen LogP contribution in [-0.2, 0) is 20.7 Å². The summed E-state index contributed by atoms with van der Waals surface area (Å²) in [5.41, 5.74) is 3.23. The largest absolute Gasteiger partial charge is 0.444 e. The van der Waals surface area contributed by atoms with Gasteiger partial charge in [-0.2, -0.15) is 0 Å². The van der Waals surface area contributed by atoms with Gasteiger partial charge in [0.2, 0.25) is 11.8 Å². The first-order valence-electron chi connectivity index (χ1n) is 20.6. The number of aromatic nitrogens is 2. The van der Waals surface area contributed by atoms with Gasteiger partial charge in [-0.25, -0.2) is 14.8 Å². The summed E-state index contributed by atoms with van der Waals surface area (Å²) >= 11 is 3.09. The van der Waals surface area contributed by atoms with E-state index >= 15 is 0 Å². The Morgan fingerprint density at radius 3 is 2.14 bits per heavy atom. The molecule has 2 saturated heterocycles. The van der Waals surface area contributed by atoms with Crippen LogP contribution in [0.15, 0.2) is 69.6 Å². The number of benzene rings is 2. The summed E-state index contributed by atoms with van der Waals surface area (Å²) < 4.78 is 12.5. The highest BCUT2D eigenvalue weighted by molar-refractivity contribution is 8.00. The van der Waals surface area contributed by atoms with Gasteiger partial charge in [-0.1, -0.05) is 81.9 Å². The molecule has 2 aliphatic rings. The van der Waals surface area contributed by atoms with Gasteiger partial charge in [-0.3, -0.25) is 9.59 Å². The molecule has 1 unspecified atom stereocenters. The summed E-state index contributed by atoms with van der Waals surface area (Å²) in [5, 5.41) is 3.68. The molecule has 3 amide bonds. The Balaban J connectivity index is 0.928. The van der Waals surface area contributed by atoms with E-state index in [2.05, 4.69) is 72.1 Å². The van der Waals surface area contributed by atoms with Gasteiger partial charge in [0.15, 0.2) is 5.13 Å². The number of thiazole rings is 1. The fraction of sp³-hybridized carbons (Fsp3) is 0.533. The molecule has 6 rings (SSSR count). The van der Waals surface area contributed by atoms with Crippen LogP contribution in [0.25, 0.3) is 11.1 Å². The van der Waals surface area contributed by atoms with Crippen molar-refractivity contribution in [2.45, 2.75) is 120 Å². The highest BCUT2D eigenvalue weighted by atomic mass is 32.2. The van der Waals surface area contributed by atoms with Gasteiger partial charge in [-0.15, -0.1) is 11.8 Å². The van der Waals surface area contributed by atoms with Crippen molar-refractivity contribution in [1.29, 1.82) is 0 Å². The Morgan fingerprint density at radius 1 is 0.914 bits per heavy atom. The highest BCUT2D eigenvalue weighted by Crippen LogP contribution is 2.34. The maximum atomic E-state index is 13.5. The number of hydrogen-bond acceptors (Lipinski definition) is 10. The molecular weight excluding hydrogens is 769 g/mol. The predicted octanol–water partition coefficient (Wildman–Crippen LogP) is 10.1. The van der Waals surface area contributed by atoms with Crippen LogP contribution >= 0.6 is 23.1 Å². The number of likely N-dealkylation sites (tertiary alicyclic amines) is 2. The Kier molecular flexibility index (Phi) is 14.1. The Labute approximate surface area is 352 Å². The lowest BCUT2D eigenvalue weighted by molar-refractivity contribution is -0.121. The van der Waals surface area contributed by atoms with Crippen molar-refractivity contribution in [1.82, 2.24) is 24.7 Å². The van der Waals surface area contributed by atoms with Crippen molar-refractivity contribution in [2.75, 3.05) is 38.5 Å². The summed E-state index contributed by atoms with van der Waals surface area (Å²) in [6.45, 7) is 17.3. The normalized spacial score (nSPS) is 16.6. The Morgan fingerprint density at radius 2 is 1.55 bits per heavy atom. The molecule has 4 aromatic rings.